The lowest BCUT2D eigenvalue weighted by molar-refractivity contribution is -0.0207. The molecule has 3 atom stereocenters. The van der Waals surface area contributed by atoms with E-state index in [-0.39, 0.29) is 31.7 Å². The van der Waals surface area contributed by atoms with E-state index in [4.69, 9.17) is 28.2 Å². The maximum Gasteiger partial charge on any atom is 0.409 e. The number of nitrogens with zero attached hydrogens (tertiary/aromatic N) is 3. The highest BCUT2D eigenvalue weighted by molar-refractivity contribution is 7.51. The molecule has 0 radical (unpaired) electrons. The van der Waals surface area contributed by atoms with E-state index in [2.05, 4.69) is 11.4 Å². The third-order valence-electron chi connectivity index (χ3n) is 10.5. The maximum atomic E-state index is 15.1. The molecular weight excluding hydrogens is 776 g/mol. The Balaban J connectivity index is 1.51. The van der Waals surface area contributed by atoms with Crippen molar-refractivity contribution in [2.45, 2.75) is 70.9 Å². The molecule has 1 aromatic heterocycles. The predicted octanol–water partition coefficient (Wildman–Crippen LogP) is 10.1. The van der Waals surface area contributed by atoms with Crippen LogP contribution in [0.5, 0.6) is 11.5 Å². The summed E-state index contributed by atoms with van der Waals surface area (Å²) < 4.78 is 47.8. The molecule has 6 aromatic rings. The van der Waals surface area contributed by atoms with Crippen molar-refractivity contribution in [1.82, 2.24) is 15.0 Å². The molecule has 0 aliphatic heterocycles. The van der Waals surface area contributed by atoms with Gasteiger partial charge in [0.05, 0.1) is 68.7 Å². The van der Waals surface area contributed by atoms with Crippen LogP contribution in [0.1, 0.15) is 68.1 Å². The van der Waals surface area contributed by atoms with E-state index in [0.717, 1.165) is 16.7 Å². The highest BCUT2D eigenvalue weighted by atomic mass is 31.2. The van der Waals surface area contributed by atoms with Crippen LogP contribution in [0.25, 0.3) is 21.8 Å². The SMILES string of the molecule is COc1ccc(C(OCC(NC(=O)c2c3ccccc3nc3ccccc23)C(C)OP(=O)(OCCC#N)N(C(C)C)C(C)C)(c2ccccc2)c2ccc(OC)cc2)cc1. The van der Waals surface area contributed by atoms with Crippen molar-refractivity contribution in [3.8, 4) is 17.6 Å². The number of pyridine rings is 1. The number of nitriles is 1. The first-order valence-electron chi connectivity index (χ1n) is 20.1. The van der Waals surface area contributed by atoms with E-state index in [1.165, 1.54) is 0 Å². The molecule has 60 heavy (non-hydrogen) atoms. The van der Waals surface area contributed by atoms with Gasteiger partial charge in [-0.05, 0) is 87.7 Å². The Morgan fingerprint density at radius 3 is 1.70 bits per heavy atom. The Labute approximate surface area is 352 Å². The number of benzene rings is 5. The van der Waals surface area contributed by atoms with Gasteiger partial charge >= 0.3 is 7.75 Å². The van der Waals surface area contributed by atoms with Crippen LogP contribution in [0.15, 0.2) is 127 Å². The highest BCUT2D eigenvalue weighted by Crippen LogP contribution is 2.56. The zero-order valence-electron chi connectivity index (χ0n) is 35.2. The molecule has 0 saturated heterocycles. The number of hydrogen-bond acceptors (Lipinski definition) is 9. The second kappa shape index (κ2) is 19.6. The molecule has 5 aromatic carbocycles. The van der Waals surface area contributed by atoms with Crippen molar-refractivity contribution >= 4 is 35.5 Å². The van der Waals surface area contributed by atoms with Gasteiger partial charge in [0.1, 0.15) is 17.1 Å². The number of carbonyl (C=O) groups is 1. The van der Waals surface area contributed by atoms with Gasteiger partial charge in [-0.1, -0.05) is 91.0 Å². The molecule has 0 fully saturated rings. The molecule has 0 saturated carbocycles. The van der Waals surface area contributed by atoms with Gasteiger partial charge in [0.15, 0.2) is 0 Å². The van der Waals surface area contributed by atoms with Crippen molar-refractivity contribution < 1.29 is 32.6 Å². The molecule has 12 heteroatoms. The molecule has 0 bridgehead atoms. The van der Waals surface area contributed by atoms with Crippen molar-refractivity contribution in [1.29, 1.82) is 5.26 Å². The lowest BCUT2D eigenvalue weighted by Crippen LogP contribution is -2.49. The van der Waals surface area contributed by atoms with Gasteiger partial charge in [0, 0.05) is 22.9 Å². The first-order valence-corrected chi connectivity index (χ1v) is 21.6. The van der Waals surface area contributed by atoms with Gasteiger partial charge in [0.25, 0.3) is 5.91 Å². The third kappa shape index (κ3) is 9.39. The Kier molecular flexibility index (Phi) is 14.4. The molecule has 0 aliphatic rings. The summed E-state index contributed by atoms with van der Waals surface area (Å²) in [6.45, 7) is 9.17. The smallest absolute Gasteiger partial charge is 0.409 e. The van der Waals surface area contributed by atoms with E-state index in [1.807, 2.05) is 155 Å². The average molecular weight is 829 g/mol. The third-order valence-corrected chi connectivity index (χ3v) is 13.1. The van der Waals surface area contributed by atoms with Gasteiger partial charge in [-0.2, -0.15) is 5.26 Å². The highest BCUT2D eigenvalue weighted by Gasteiger charge is 2.43. The van der Waals surface area contributed by atoms with Gasteiger partial charge < -0.3 is 19.5 Å². The molecule has 6 rings (SSSR count). The number of ether oxygens (including phenoxy) is 3. The number of amides is 1. The van der Waals surface area contributed by atoms with Gasteiger partial charge in [-0.15, -0.1) is 0 Å². The second-order valence-corrected chi connectivity index (χ2v) is 16.9. The fourth-order valence-corrected chi connectivity index (χ4v) is 10.0. The summed E-state index contributed by atoms with van der Waals surface area (Å²) >= 11 is 0. The van der Waals surface area contributed by atoms with Crippen LogP contribution in [-0.4, -0.2) is 67.2 Å². The van der Waals surface area contributed by atoms with Crippen LogP contribution >= 0.6 is 7.75 Å². The Morgan fingerprint density at radius 1 is 0.733 bits per heavy atom. The Hall–Kier alpha value is -5.60. The number of carbonyl (C=O) groups excluding carboxylic acids is 1. The number of hydrogen-bond donors (Lipinski definition) is 1. The van der Waals surface area contributed by atoms with E-state index < -0.39 is 31.4 Å². The summed E-state index contributed by atoms with van der Waals surface area (Å²) in [5.41, 5.74) is 2.93. The summed E-state index contributed by atoms with van der Waals surface area (Å²) in [6, 6.07) is 40.9. The summed E-state index contributed by atoms with van der Waals surface area (Å²) in [4.78, 5) is 19.8. The minimum absolute atomic E-state index is 0.0144. The molecule has 11 nitrogen and oxygen atoms in total. The lowest BCUT2D eigenvalue weighted by Gasteiger charge is -2.40. The first kappa shape index (κ1) is 44.0. The standard InChI is InChI=1S/C48H53N4O7P/c1-33(2)52(34(3)4)60(54,58-31-15-30-49)59-35(5)45(51-47(53)46-41-18-11-13-20-43(41)50-44-21-14-12-19-42(44)46)32-57-48(36-16-9-8-10-17-36,37-22-26-39(55-6)27-23-37)38-24-28-40(56-7)29-25-38/h8-14,16-29,33-35,45H,15,31-32H2,1-7H3,(H,51,53). The molecule has 0 spiro atoms. The zero-order chi connectivity index (χ0) is 42.9. The molecule has 0 aliphatic carbocycles. The van der Waals surface area contributed by atoms with Crippen molar-refractivity contribution in [3.05, 3.63) is 150 Å². The number of para-hydroxylation sites is 2. The fraction of sp³-hybridized carbons (Fsp3) is 0.312. The van der Waals surface area contributed by atoms with Crippen LogP contribution in [0.4, 0.5) is 0 Å². The lowest BCUT2D eigenvalue weighted by atomic mass is 9.80. The fourth-order valence-electron chi connectivity index (χ4n) is 7.71. The number of methoxy groups -OCH3 is 2. The molecule has 1 N–H and O–H groups in total. The van der Waals surface area contributed by atoms with Crippen LogP contribution in [0.3, 0.4) is 0 Å². The molecule has 1 amide bonds. The van der Waals surface area contributed by atoms with Crippen LogP contribution in [0.2, 0.25) is 0 Å². The monoisotopic (exact) mass is 828 g/mol. The first-order chi connectivity index (χ1) is 28.9. The van der Waals surface area contributed by atoms with Crippen molar-refractivity contribution in [2.75, 3.05) is 27.4 Å². The number of nitrogens with one attached hydrogen (secondary N) is 1. The van der Waals surface area contributed by atoms with Gasteiger partial charge in [-0.25, -0.2) is 14.2 Å². The molecular formula is C48H53N4O7P. The van der Waals surface area contributed by atoms with Crippen molar-refractivity contribution in [2.24, 2.45) is 0 Å². The zero-order valence-corrected chi connectivity index (χ0v) is 36.1. The van der Waals surface area contributed by atoms with Crippen LogP contribution < -0.4 is 14.8 Å². The molecule has 312 valence electrons. The second-order valence-electron chi connectivity index (χ2n) is 15.0. The Morgan fingerprint density at radius 2 is 1.22 bits per heavy atom. The van der Waals surface area contributed by atoms with E-state index in [9.17, 15) is 10.1 Å². The Bertz CT molecular complexity index is 2350. The largest absolute Gasteiger partial charge is 0.497 e. The number of aromatic nitrogens is 1. The van der Waals surface area contributed by atoms with Crippen LogP contribution in [0, 0.1) is 11.3 Å². The van der Waals surface area contributed by atoms with E-state index >= 15 is 4.57 Å². The van der Waals surface area contributed by atoms with Crippen LogP contribution in [-0.2, 0) is 24.0 Å². The minimum Gasteiger partial charge on any atom is -0.497 e. The average Bonchev–Trinajstić information content (AvgIpc) is 3.25. The summed E-state index contributed by atoms with van der Waals surface area (Å²) in [6.07, 6.45) is -0.943. The van der Waals surface area contributed by atoms with E-state index in [1.54, 1.807) is 25.8 Å². The normalized spacial score (nSPS) is 13.9. The van der Waals surface area contributed by atoms with Gasteiger partial charge in [-0.3, -0.25) is 13.8 Å². The number of rotatable bonds is 19. The molecule has 1 heterocycles. The summed E-state index contributed by atoms with van der Waals surface area (Å²) in [7, 11) is -0.861. The summed E-state index contributed by atoms with van der Waals surface area (Å²) in [5, 5.41) is 14.0. The van der Waals surface area contributed by atoms with Gasteiger partial charge in [0.2, 0.25) is 0 Å². The minimum atomic E-state index is -4.09. The van der Waals surface area contributed by atoms with Crippen molar-refractivity contribution in [3.63, 3.8) is 0 Å². The summed E-state index contributed by atoms with van der Waals surface area (Å²) in [5.74, 6) is 0.954. The number of fused-ring (bicyclic) bond motifs is 2. The maximum absolute atomic E-state index is 15.1. The quantitative estimate of drug-likeness (QED) is 0.0364. The topological polar surface area (TPSA) is 132 Å². The predicted molar refractivity (Wildman–Crippen MR) is 235 cm³/mol. The van der Waals surface area contributed by atoms with E-state index in [0.29, 0.717) is 38.9 Å². The molecule has 3 unspecified atom stereocenters.